The minimum atomic E-state index is 0.623. The summed E-state index contributed by atoms with van der Waals surface area (Å²) < 4.78 is 5.19. The quantitative estimate of drug-likeness (QED) is 0.588. The number of aryl methyl sites for hydroxylation is 2. The van der Waals surface area contributed by atoms with Crippen LogP contribution in [0.2, 0.25) is 0 Å². The maximum Gasteiger partial charge on any atom is 0.118 e. The van der Waals surface area contributed by atoms with Crippen molar-refractivity contribution in [2.75, 3.05) is 7.11 Å². The molecule has 0 amide bonds. The van der Waals surface area contributed by atoms with Crippen molar-refractivity contribution in [1.82, 2.24) is 0 Å². The highest BCUT2D eigenvalue weighted by Crippen LogP contribution is 2.15. The molecule has 1 nitrogen and oxygen atoms in total. The number of ether oxygens (including phenoxy) is 1. The Balaban J connectivity index is 1.68. The van der Waals surface area contributed by atoms with E-state index in [0.29, 0.717) is 5.92 Å². The van der Waals surface area contributed by atoms with Gasteiger partial charge >= 0.3 is 0 Å². The topological polar surface area (TPSA) is 9.23 Å². The lowest BCUT2D eigenvalue weighted by molar-refractivity contribution is 0.414. The van der Waals surface area contributed by atoms with Crippen LogP contribution in [0.25, 0.3) is 0 Å². The fourth-order valence-electron chi connectivity index (χ4n) is 2.51. The number of methoxy groups -OCH3 is 1. The summed E-state index contributed by atoms with van der Waals surface area (Å²) in [6.07, 6.45) is 9.24. The second-order valence-electron chi connectivity index (χ2n) is 5.82. The number of hydrogen-bond donors (Lipinski definition) is 0. The number of benzene rings is 2. The van der Waals surface area contributed by atoms with Crippen LogP contribution in [0.1, 0.15) is 30.9 Å². The largest absolute Gasteiger partial charge is 0.497 e. The van der Waals surface area contributed by atoms with Crippen LogP contribution in [0, 0.1) is 5.92 Å². The number of rotatable bonds is 8. The summed E-state index contributed by atoms with van der Waals surface area (Å²) in [6, 6.07) is 19.1. The summed E-state index contributed by atoms with van der Waals surface area (Å²) in [6.45, 7) is 2.29. The number of allylic oxidation sites excluding steroid dienone is 2. The van der Waals surface area contributed by atoms with E-state index in [1.165, 1.54) is 17.5 Å². The Labute approximate surface area is 134 Å². The van der Waals surface area contributed by atoms with E-state index in [1.54, 1.807) is 7.11 Å². The van der Waals surface area contributed by atoms with E-state index >= 15 is 0 Å². The van der Waals surface area contributed by atoms with Crippen LogP contribution >= 0.6 is 0 Å². The second kappa shape index (κ2) is 9.09. The molecule has 0 aromatic heterocycles. The maximum atomic E-state index is 5.19. The van der Waals surface area contributed by atoms with Gasteiger partial charge in [-0.2, -0.15) is 0 Å². The van der Waals surface area contributed by atoms with Crippen molar-refractivity contribution in [1.29, 1.82) is 0 Å². The van der Waals surface area contributed by atoms with E-state index in [4.69, 9.17) is 4.74 Å². The Morgan fingerprint density at radius 3 is 2.27 bits per heavy atom. The van der Waals surface area contributed by atoms with Crippen LogP contribution in [0.15, 0.2) is 66.7 Å². The third kappa shape index (κ3) is 5.77. The zero-order valence-electron chi connectivity index (χ0n) is 13.7. The molecule has 22 heavy (non-hydrogen) atoms. The molecule has 0 radical (unpaired) electrons. The summed E-state index contributed by atoms with van der Waals surface area (Å²) in [5.41, 5.74) is 2.79. The van der Waals surface area contributed by atoms with E-state index in [9.17, 15) is 0 Å². The van der Waals surface area contributed by atoms with Crippen LogP contribution in [-0.2, 0) is 12.8 Å². The van der Waals surface area contributed by atoms with Crippen molar-refractivity contribution in [2.45, 2.75) is 32.6 Å². The minimum absolute atomic E-state index is 0.623. The smallest absolute Gasteiger partial charge is 0.118 e. The first-order chi connectivity index (χ1) is 10.8. The van der Waals surface area contributed by atoms with E-state index in [0.717, 1.165) is 25.0 Å². The van der Waals surface area contributed by atoms with Gasteiger partial charge in [-0.15, -0.1) is 0 Å². The first kappa shape index (κ1) is 16.4. The molecule has 0 N–H and O–H groups in total. The molecule has 0 aliphatic carbocycles. The fraction of sp³-hybridized carbons (Fsp3) is 0.333. The standard InChI is InChI=1S/C21H26O/c1-18(8-6-7-11-19-9-4-3-5-10-19)12-13-20-14-16-21(22-2)17-15-20/h3-6,8-10,14-18H,7,11-13H2,1-2H3/b8-6+/t18-/m0/s1. The Kier molecular flexibility index (Phi) is 6.76. The molecule has 0 unspecified atom stereocenters. The average Bonchev–Trinajstić information content (AvgIpc) is 2.58. The zero-order chi connectivity index (χ0) is 15.6. The molecule has 0 aliphatic rings. The first-order valence-electron chi connectivity index (χ1n) is 8.11. The summed E-state index contributed by atoms with van der Waals surface area (Å²) >= 11 is 0. The van der Waals surface area contributed by atoms with Gasteiger partial charge in [0.1, 0.15) is 5.75 Å². The third-order valence-corrected chi connectivity index (χ3v) is 3.95. The molecule has 0 saturated heterocycles. The predicted molar refractivity (Wildman–Crippen MR) is 94.4 cm³/mol. The van der Waals surface area contributed by atoms with Crippen molar-refractivity contribution < 1.29 is 4.74 Å². The summed E-state index contributed by atoms with van der Waals surface area (Å²) in [7, 11) is 1.71. The monoisotopic (exact) mass is 294 g/mol. The van der Waals surface area contributed by atoms with Crippen LogP contribution in [0.3, 0.4) is 0 Å². The highest BCUT2D eigenvalue weighted by Gasteiger charge is 2.00. The second-order valence-corrected chi connectivity index (χ2v) is 5.82. The molecule has 2 rings (SSSR count). The molecule has 1 atom stereocenters. The van der Waals surface area contributed by atoms with Gasteiger partial charge in [-0.25, -0.2) is 0 Å². The molecule has 2 aromatic carbocycles. The van der Waals surface area contributed by atoms with Crippen molar-refractivity contribution in [2.24, 2.45) is 5.92 Å². The minimum Gasteiger partial charge on any atom is -0.497 e. The van der Waals surface area contributed by atoms with E-state index in [-0.39, 0.29) is 0 Å². The van der Waals surface area contributed by atoms with E-state index < -0.39 is 0 Å². The lowest BCUT2D eigenvalue weighted by Crippen LogP contribution is -1.94. The van der Waals surface area contributed by atoms with Gasteiger partial charge in [-0.3, -0.25) is 0 Å². The van der Waals surface area contributed by atoms with Gasteiger partial charge in [0.2, 0.25) is 0 Å². The van der Waals surface area contributed by atoms with Gasteiger partial charge < -0.3 is 4.74 Å². The van der Waals surface area contributed by atoms with Gasteiger partial charge in [0, 0.05) is 0 Å². The highest BCUT2D eigenvalue weighted by molar-refractivity contribution is 5.27. The number of hydrogen-bond acceptors (Lipinski definition) is 1. The molecule has 116 valence electrons. The van der Waals surface area contributed by atoms with E-state index in [1.807, 2.05) is 12.1 Å². The molecule has 0 heterocycles. The predicted octanol–water partition coefficient (Wildman–Crippen LogP) is 5.45. The SMILES string of the molecule is COc1ccc(CC[C@@H](C)/C=C/CCc2ccccc2)cc1. The average molecular weight is 294 g/mol. The highest BCUT2D eigenvalue weighted by atomic mass is 16.5. The first-order valence-corrected chi connectivity index (χ1v) is 8.11. The summed E-state index contributed by atoms with van der Waals surface area (Å²) in [5.74, 6) is 1.55. The molecule has 0 bridgehead atoms. The molecule has 0 saturated carbocycles. The fourth-order valence-corrected chi connectivity index (χ4v) is 2.51. The molecule has 0 spiro atoms. The van der Waals surface area contributed by atoms with Crippen molar-refractivity contribution in [3.8, 4) is 5.75 Å². The molecular formula is C21H26O. The molecule has 1 heteroatoms. The Hall–Kier alpha value is -2.02. The lowest BCUT2D eigenvalue weighted by Gasteiger charge is -2.07. The van der Waals surface area contributed by atoms with Gasteiger partial charge in [0.05, 0.1) is 7.11 Å². The summed E-state index contributed by atoms with van der Waals surface area (Å²) in [4.78, 5) is 0. The van der Waals surface area contributed by atoms with Gasteiger partial charge in [0.15, 0.2) is 0 Å². The normalized spacial score (nSPS) is 12.5. The third-order valence-electron chi connectivity index (χ3n) is 3.95. The Morgan fingerprint density at radius 2 is 1.59 bits per heavy atom. The van der Waals surface area contributed by atoms with E-state index in [2.05, 4.69) is 61.5 Å². The Bertz CT molecular complexity index is 554. The molecule has 0 aliphatic heterocycles. The lowest BCUT2D eigenvalue weighted by atomic mass is 10.00. The molecular weight excluding hydrogens is 268 g/mol. The van der Waals surface area contributed by atoms with Crippen LogP contribution in [-0.4, -0.2) is 7.11 Å². The Morgan fingerprint density at radius 1 is 0.909 bits per heavy atom. The van der Waals surface area contributed by atoms with Crippen molar-refractivity contribution in [3.63, 3.8) is 0 Å². The van der Waals surface area contributed by atoms with Crippen LogP contribution in [0.5, 0.6) is 5.75 Å². The molecule has 2 aromatic rings. The van der Waals surface area contributed by atoms with Crippen molar-refractivity contribution in [3.05, 3.63) is 77.9 Å². The maximum absolute atomic E-state index is 5.19. The zero-order valence-corrected chi connectivity index (χ0v) is 13.7. The molecule has 0 fully saturated rings. The van der Waals surface area contributed by atoms with Crippen molar-refractivity contribution >= 4 is 0 Å². The van der Waals surface area contributed by atoms with Crippen LogP contribution < -0.4 is 4.74 Å². The van der Waals surface area contributed by atoms with Crippen LogP contribution in [0.4, 0.5) is 0 Å². The van der Waals surface area contributed by atoms with Gasteiger partial charge in [-0.1, -0.05) is 61.5 Å². The van der Waals surface area contributed by atoms with Gasteiger partial charge in [-0.05, 0) is 54.9 Å². The summed E-state index contributed by atoms with van der Waals surface area (Å²) in [5, 5.41) is 0. The van der Waals surface area contributed by atoms with Gasteiger partial charge in [0.25, 0.3) is 0 Å².